The van der Waals surface area contributed by atoms with Crippen molar-refractivity contribution in [2.75, 3.05) is 0 Å². The molecule has 0 spiro atoms. The van der Waals surface area contributed by atoms with Crippen LogP contribution in [0.1, 0.15) is 77.9 Å². The van der Waals surface area contributed by atoms with E-state index in [0.29, 0.717) is 17.9 Å². The lowest BCUT2D eigenvalue weighted by Crippen LogP contribution is -2.25. The number of esters is 1. The highest BCUT2D eigenvalue weighted by molar-refractivity contribution is 5.88. The molecule has 1 aromatic heterocycles. The lowest BCUT2D eigenvalue weighted by atomic mass is 10.1. The Balaban J connectivity index is 2.33. The Morgan fingerprint density at radius 1 is 1.22 bits per heavy atom. The molecule has 1 heterocycles. The number of ether oxygens (including phenoxy) is 1. The number of aryl methyl sites for hydroxylation is 1. The summed E-state index contributed by atoms with van der Waals surface area (Å²) in [7, 11) is 0. The van der Waals surface area contributed by atoms with Crippen LogP contribution < -0.4 is 0 Å². The molecule has 0 aliphatic heterocycles. The first kappa shape index (κ1) is 19.5. The van der Waals surface area contributed by atoms with Crippen LogP contribution in [0.5, 0.6) is 0 Å². The van der Waals surface area contributed by atoms with Gasteiger partial charge in [0.05, 0.1) is 12.6 Å². The van der Waals surface area contributed by atoms with Crippen molar-refractivity contribution in [2.24, 2.45) is 0 Å². The highest BCUT2D eigenvalue weighted by Gasteiger charge is 2.20. The van der Waals surface area contributed by atoms with Gasteiger partial charge in [0.1, 0.15) is 11.4 Å². The van der Waals surface area contributed by atoms with Crippen LogP contribution in [0.2, 0.25) is 0 Å². The fraction of sp³-hybridized carbons (Fsp3) is 0.684. The monoisotopic (exact) mass is 321 g/mol. The molecule has 0 saturated heterocycles. The quantitative estimate of drug-likeness (QED) is 0.345. The molecule has 23 heavy (non-hydrogen) atoms. The average molecular weight is 321 g/mol. The number of hydrogen-bond acceptors (Lipinski definition) is 4. The first-order valence-electron chi connectivity index (χ1n) is 8.66. The fourth-order valence-corrected chi connectivity index (χ4v) is 2.23. The van der Waals surface area contributed by atoms with E-state index < -0.39 is 11.6 Å². The number of unbranched alkanes of at least 4 members (excludes halogenated alkanes) is 5. The number of nitrogens with zero attached hydrogens (tertiary/aromatic N) is 1. The van der Waals surface area contributed by atoms with Crippen LogP contribution in [0.15, 0.2) is 22.8 Å². The van der Waals surface area contributed by atoms with E-state index in [1.807, 2.05) is 20.8 Å². The molecule has 1 aromatic rings. The summed E-state index contributed by atoms with van der Waals surface area (Å²) < 4.78 is 11.0. The molecule has 0 aliphatic rings. The minimum Gasteiger partial charge on any atom is -0.457 e. The Kier molecular flexibility index (Phi) is 8.07. The third-order valence-corrected chi connectivity index (χ3v) is 3.43. The van der Waals surface area contributed by atoms with Gasteiger partial charge < -0.3 is 9.15 Å². The van der Waals surface area contributed by atoms with Crippen molar-refractivity contribution in [3.8, 4) is 0 Å². The van der Waals surface area contributed by atoms with Crippen molar-refractivity contribution in [1.82, 2.24) is 4.98 Å². The highest BCUT2D eigenvalue weighted by atomic mass is 16.6. The second-order valence-electron chi connectivity index (χ2n) is 7.02. The van der Waals surface area contributed by atoms with Crippen LogP contribution >= 0.6 is 0 Å². The van der Waals surface area contributed by atoms with Crippen LogP contribution in [-0.2, 0) is 22.4 Å². The fourth-order valence-electron chi connectivity index (χ4n) is 2.23. The largest absolute Gasteiger partial charge is 0.457 e. The van der Waals surface area contributed by atoms with Crippen LogP contribution in [0.3, 0.4) is 0 Å². The predicted octanol–water partition coefficient (Wildman–Crippen LogP) is 5.02. The van der Waals surface area contributed by atoms with E-state index in [2.05, 4.69) is 18.5 Å². The Labute approximate surface area is 140 Å². The van der Waals surface area contributed by atoms with E-state index in [1.165, 1.54) is 32.1 Å². The summed E-state index contributed by atoms with van der Waals surface area (Å²) in [6.07, 6.45) is 10.5. The molecule has 0 atom stereocenters. The molecule has 1 rings (SSSR count). The van der Waals surface area contributed by atoms with Gasteiger partial charge in [0.2, 0.25) is 0 Å². The number of hydrogen-bond donors (Lipinski definition) is 0. The van der Waals surface area contributed by atoms with Crippen LogP contribution in [0, 0.1) is 0 Å². The van der Waals surface area contributed by atoms with Crippen molar-refractivity contribution >= 4 is 5.97 Å². The number of carbonyl (C=O) groups is 1. The number of rotatable bonds is 10. The Morgan fingerprint density at radius 3 is 2.52 bits per heavy atom. The van der Waals surface area contributed by atoms with Crippen LogP contribution in [0.4, 0.5) is 0 Å². The van der Waals surface area contributed by atoms with E-state index >= 15 is 0 Å². The van der Waals surface area contributed by atoms with Gasteiger partial charge in [-0.05, 0) is 27.2 Å². The van der Waals surface area contributed by atoms with Gasteiger partial charge in [-0.25, -0.2) is 9.78 Å². The van der Waals surface area contributed by atoms with Gasteiger partial charge in [-0.2, -0.15) is 0 Å². The zero-order valence-corrected chi connectivity index (χ0v) is 15.1. The molecule has 130 valence electrons. The summed E-state index contributed by atoms with van der Waals surface area (Å²) in [6, 6.07) is 0. The van der Waals surface area contributed by atoms with Gasteiger partial charge in [0, 0.05) is 12.0 Å². The summed E-state index contributed by atoms with van der Waals surface area (Å²) in [5.74, 6) is 1.02. The summed E-state index contributed by atoms with van der Waals surface area (Å²) in [5, 5.41) is 0. The van der Waals surface area contributed by atoms with Gasteiger partial charge in [0.25, 0.3) is 0 Å². The highest BCUT2D eigenvalue weighted by Crippen LogP contribution is 2.15. The van der Waals surface area contributed by atoms with E-state index in [4.69, 9.17) is 9.15 Å². The molecule has 0 aliphatic carbocycles. The number of aromatic nitrogens is 1. The second-order valence-corrected chi connectivity index (χ2v) is 7.02. The third kappa shape index (κ3) is 8.58. The summed E-state index contributed by atoms with van der Waals surface area (Å²) in [4.78, 5) is 16.1. The minimum atomic E-state index is -0.514. The molecular formula is C19H31NO3. The van der Waals surface area contributed by atoms with E-state index in [0.717, 1.165) is 18.6 Å². The Morgan fingerprint density at radius 2 is 1.87 bits per heavy atom. The maximum atomic E-state index is 11.9. The maximum Gasteiger partial charge on any atom is 0.334 e. The minimum absolute atomic E-state index is 0.297. The van der Waals surface area contributed by atoms with Gasteiger partial charge >= 0.3 is 5.97 Å². The molecule has 0 aromatic carbocycles. The van der Waals surface area contributed by atoms with Gasteiger partial charge in [-0.3, -0.25) is 0 Å². The summed E-state index contributed by atoms with van der Waals surface area (Å²) in [6.45, 7) is 11.5. The van der Waals surface area contributed by atoms with Crippen LogP contribution in [-0.4, -0.2) is 16.6 Å². The SMILES string of the molecule is C=C(Cc1ncc(CCCCCCCC)o1)C(=O)OC(C)(C)C. The topological polar surface area (TPSA) is 52.3 Å². The molecule has 4 nitrogen and oxygen atoms in total. The zero-order chi connectivity index (χ0) is 17.3. The molecule has 0 saturated carbocycles. The van der Waals surface area contributed by atoms with Crippen molar-refractivity contribution in [1.29, 1.82) is 0 Å². The number of oxazole rings is 1. The Bertz CT molecular complexity index is 497. The molecule has 0 radical (unpaired) electrons. The van der Waals surface area contributed by atoms with Crippen molar-refractivity contribution < 1.29 is 13.9 Å². The average Bonchev–Trinajstić information content (AvgIpc) is 2.88. The summed E-state index contributed by atoms with van der Waals surface area (Å²) >= 11 is 0. The number of carbonyl (C=O) groups excluding carboxylic acids is 1. The standard InChI is InChI=1S/C19H31NO3/c1-6-7-8-9-10-11-12-16-14-20-17(22-16)13-15(2)18(21)23-19(3,4)5/h14H,2,6-13H2,1,3-5H3. The van der Waals surface area contributed by atoms with Crippen molar-refractivity contribution in [2.45, 2.75) is 84.7 Å². The molecule has 0 bridgehead atoms. The van der Waals surface area contributed by atoms with Gasteiger partial charge in [-0.15, -0.1) is 0 Å². The van der Waals surface area contributed by atoms with Gasteiger partial charge in [-0.1, -0.05) is 45.6 Å². The Hall–Kier alpha value is -1.58. The summed E-state index contributed by atoms with van der Waals surface area (Å²) in [5.41, 5.74) is -0.146. The smallest absolute Gasteiger partial charge is 0.334 e. The maximum absolute atomic E-state index is 11.9. The first-order valence-corrected chi connectivity index (χ1v) is 8.66. The molecular weight excluding hydrogens is 290 g/mol. The molecule has 0 unspecified atom stereocenters. The lowest BCUT2D eigenvalue weighted by Gasteiger charge is -2.19. The normalized spacial score (nSPS) is 11.5. The van der Waals surface area contributed by atoms with Gasteiger partial charge in [0.15, 0.2) is 5.89 Å². The lowest BCUT2D eigenvalue weighted by molar-refractivity contribution is -0.150. The second kappa shape index (κ2) is 9.53. The zero-order valence-electron chi connectivity index (χ0n) is 15.1. The van der Waals surface area contributed by atoms with Crippen LogP contribution in [0.25, 0.3) is 0 Å². The van der Waals surface area contributed by atoms with Crippen molar-refractivity contribution in [3.05, 3.63) is 30.0 Å². The molecule has 0 N–H and O–H groups in total. The first-order chi connectivity index (χ1) is 10.8. The predicted molar refractivity (Wildman–Crippen MR) is 92.3 cm³/mol. The molecule has 4 heteroatoms. The molecule has 0 fully saturated rings. The van der Waals surface area contributed by atoms with E-state index in [1.54, 1.807) is 6.20 Å². The van der Waals surface area contributed by atoms with E-state index in [-0.39, 0.29) is 0 Å². The third-order valence-electron chi connectivity index (χ3n) is 3.43. The molecule has 0 amide bonds. The van der Waals surface area contributed by atoms with Crippen molar-refractivity contribution in [3.63, 3.8) is 0 Å². The van der Waals surface area contributed by atoms with E-state index in [9.17, 15) is 4.79 Å².